The monoisotopic (exact) mass is 409 g/mol. The van der Waals surface area contributed by atoms with Crippen molar-refractivity contribution in [1.29, 1.82) is 0 Å². The molecule has 1 heterocycles. The van der Waals surface area contributed by atoms with Gasteiger partial charge in [-0.1, -0.05) is 18.2 Å². The van der Waals surface area contributed by atoms with Gasteiger partial charge in [-0.25, -0.2) is 17.2 Å². The fourth-order valence-electron chi connectivity index (χ4n) is 2.97. The van der Waals surface area contributed by atoms with Gasteiger partial charge in [-0.15, -0.1) is 0 Å². The normalized spacial score (nSPS) is 16.1. The summed E-state index contributed by atoms with van der Waals surface area (Å²) in [6, 6.07) is 10.8. The van der Waals surface area contributed by atoms with Gasteiger partial charge < -0.3 is 5.32 Å². The van der Waals surface area contributed by atoms with Crippen molar-refractivity contribution in [2.24, 2.45) is 0 Å². The number of benzene rings is 2. The number of hydrogen-bond donors (Lipinski definition) is 1. The Balaban J connectivity index is 1.48. The number of carbonyl (C=O) groups excluding carboxylic acids is 1. The van der Waals surface area contributed by atoms with E-state index in [1.165, 1.54) is 34.6 Å². The number of hydrogen-bond acceptors (Lipinski definition) is 4. The zero-order valence-corrected chi connectivity index (χ0v) is 16.0. The van der Waals surface area contributed by atoms with E-state index in [0.717, 1.165) is 11.6 Å². The molecule has 1 aliphatic rings. The molecule has 0 saturated carbocycles. The largest absolute Gasteiger partial charge is 0.351 e. The second-order valence-electron chi connectivity index (χ2n) is 6.54. The van der Waals surface area contributed by atoms with Crippen LogP contribution >= 0.6 is 0 Å². The van der Waals surface area contributed by atoms with Crippen LogP contribution in [0, 0.1) is 11.6 Å². The third-order valence-corrected chi connectivity index (χ3v) is 6.43. The average molecular weight is 409 g/mol. The van der Waals surface area contributed by atoms with E-state index < -0.39 is 15.8 Å². The van der Waals surface area contributed by atoms with E-state index in [9.17, 15) is 22.0 Å². The molecule has 9 heteroatoms. The molecule has 2 aromatic carbocycles. The first-order valence-electron chi connectivity index (χ1n) is 8.84. The van der Waals surface area contributed by atoms with Crippen LogP contribution in [0.3, 0.4) is 0 Å². The molecule has 1 N–H and O–H groups in total. The lowest BCUT2D eigenvalue weighted by Gasteiger charge is -2.33. The predicted octanol–water partition coefficient (Wildman–Crippen LogP) is 1.59. The number of rotatable bonds is 6. The number of amides is 1. The van der Waals surface area contributed by atoms with Crippen LogP contribution in [0.15, 0.2) is 53.4 Å². The summed E-state index contributed by atoms with van der Waals surface area (Å²) in [6.07, 6.45) is 0. The first kappa shape index (κ1) is 20.4. The van der Waals surface area contributed by atoms with Gasteiger partial charge in [-0.05, 0) is 35.9 Å². The Labute approximate surface area is 162 Å². The van der Waals surface area contributed by atoms with Crippen molar-refractivity contribution < 1.29 is 22.0 Å². The van der Waals surface area contributed by atoms with E-state index in [-0.39, 0.29) is 36.3 Å². The van der Waals surface area contributed by atoms with Crippen LogP contribution in [0.4, 0.5) is 8.78 Å². The minimum absolute atomic E-state index is 0.0713. The Kier molecular flexibility index (Phi) is 6.38. The lowest BCUT2D eigenvalue weighted by Crippen LogP contribution is -2.50. The summed E-state index contributed by atoms with van der Waals surface area (Å²) < 4.78 is 52.7. The first-order valence-corrected chi connectivity index (χ1v) is 10.3. The van der Waals surface area contributed by atoms with E-state index in [1.807, 2.05) is 4.90 Å². The zero-order valence-electron chi connectivity index (χ0n) is 15.1. The van der Waals surface area contributed by atoms with Crippen molar-refractivity contribution in [1.82, 2.24) is 14.5 Å². The molecule has 0 aromatic heterocycles. The fourth-order valence-corrected chi connectivity index (χ4v) is 4.42. The van der Waals surface area contributed by atoms with Crippen molar-refractivity contribution >= 4 is 15.9 Å². The van der Waals surface area contributed by atoms with Crippen LogP contribution in [0.1, 0.15) is 5.56 Å². The van der Waals surface area contributed by atoms with Crippen LogP contribution < -0.4 is 5.32 Å². The van der Waals surface area contributed by atoms with Gasteiger partial charge in [-0.2, -0.15) is 4.31 Å². The van der Waals surface area contributed by atoms with E-state index in [1.54, 1.807) is 12.1 Å². The maximum atomic E-state index is 13.3. The molecule has 28 heavy (non-hydrogen) atoms. The van der Waals surface area contributed by atoms with E-state index in [0.29, 0.717) is 19.6 Å². The van der Waals surface area contributed by atoms with Gasteiger partial charge in [0.1, 0.15) is 11.6 Å². The Morgan fingerprint density at radius 2 is 1.64 bits per heavy atom. The highest BCUT2D eigenvalue weighted by atomic mass is 32.2. The second kappa shape index (κ2) is 8.76. The topological polar surface area (TPSA) is 69.7 Å². The maximum Gasteiger partial charge on any atom is 0.243 e. The summed E-state index contributed by atoms with van der Waals surface area (Å²) in [5.74, 6) is -1.12. The summed E-state index contributed by atoms with van der Waals surface area (Å²) in [7, 11) is -3.75. The lowest BCUT2D eigenvalue weighted by atomic mass is 10.2. The molecule has 0 unspecified atom stereocenters. The highest BCUT2D eigenvalue weighted by molar-refractivity contribution is 7.89. The highest BCUT2D eigenvalue weighted by Gasteiger charge is 2.29. The predicted molar refractivity (Wildman–Crippen MR) is 99.8 cm³/mol. The Morgan fingerprint density at radius 1 is 0.964 bits per heavy atom. The smallest absolute Gasteiger partial charge is 0.243 e. The van der Waals surface area contributed by atoms with Gasteiger partial charge in [0.05, 0.1) is 11.4 Å². The molecule has 1 aliphatic heterocycles. The van der Waals surface area contributed by atoms with Crippen LogP contribution in [-0.2, 0) is 21.4 Å². The van der Waals surface area contributed by atoms with E-state index in [2.05, 4.69) is 5.32 Å². The number of carbonyl (C=O) groups is 1. The molecule has 0 spiro atoms. The molecule has 150 valence electrons. The summed E-state index contributed by atoms with van der Waals surface area (Å²) in [6.45, 7) is 1.70. The average Bonchev–Trinajstić information content (AvgIpc) is 2.68. The molecule has 1 saturated heterocycles. The molecule has 0 aliphatic carbocycles. The van der Waals surface area contributed by atoms with Crippen LogP contribution in [0.2, 0.25) is 0 Å². The minimum atomic E-state index is -3.75. The first-order chi connectivity index (χ1) is 13.3. The van der Waals surface area contributed by atoms with Gasteiger partial charge in [-0.3, -0.25) is 9.69 Å². The second-order valence-corrected chi connectivity index (χ2v) is 8.48. The summed E-state index contributed by atoms with van der Waals surface area (Å²) in [5, 5.41) is 2.76. The zero-order chi connectivity index (χ0) is 20.1. The molecule has 0 atom stereocenters. The van der Waals surface area contributed by atoms with Crippen LogP contribution in [0.5, 0.6) is 0 Å². The number of piperazine rings is 1. The molecule has 1 amide bonds. The van der Waals surface area contributed by atoms with Crippen molar-refractivity contribution in [3.05, 3.63) is 65.7 Å². The number of sulfonamides is 1. The molecule has 3 rings (SSSR count). The molecule has 0 radical (unpaired) electrons. The van der Waals surface area contributed by atoms with E-state index in [4.69, 9.17) is 0 Å². The van der Waals surface area contributed by atoms with Gasteiger partial charge >= 0.3 is 0 Å². The van der Waals surface area contributed by atoms with Gasteiger partial charge in [0.2, 0.25) is 15.9 Å². The van der Waals surface area contributed by atoms with Crippen molar-refractivity contribution in [3.8, 4) is 0 Å². The van der Waals surface area contributed by atoms with Crippen molar-refractivity contribution in [3.63, 3.8) is 0 Å². The molecular weight excluding hydrogens is 388 g/mol. The third kappa shape index (κ3) is 5.12. The summed E-state index contributed by atoms with van der Waals surface area (Å²) in [4.78, 5) is 13.9. The highest BCUT2D eigenvalue weighted by Crippen LogP contribution is 2.18. The standard InChI is InChI=1S/C19H21F2N3O3S/c20-16-6-4-15(5-7-16)13-22-19(25)14-23-8-10-24(11-9-23)28(26,27)18-3-1-2-17(21)12-18/h1-7,12H,8-11,13-14H2,(H,22,25). The lowest BCUT2D eigenvalue weighted by molar-refractivity contribution is -0.122. The maximum absolute atomic E-state index is 13.3. The Hall–Kier alpha value is -2.36. The van der Waals surface area contributed by atoms with Crippen molar-refractivity contribution in [2.45, 2.75) is 11.4 Å². The minimum Gasteiger partial charge on any atom is -0.351 e. The van der Waals surface area contributed by atoms with Crippen LogP contribution in [-0.4, -0.2) is 56.3 Å². The number of nitrogens with one attached hydrogen (secondary N) is 1. The number of halogens is 2. The Morgan fingerprint density at radius 3 is 2.29 bits per heavy atom. The van der Waals surface area contributed by atoms with Gasteiger partial charge in [0.25, 0.3) is 0 Å². The molecule has 6 nitrogen and oxygen atoms in total. The summed E-state index contributed by atoms with van der Waals surface area (Å²) >= 11 is 0. The molecule has 0 bridgehead atoms. The Bertz CT molecular complexity index is 928. The van der Waals surface area contributed by atoms with Gasteiger partial charge in [0, 0.05) is 32.7 Å². The fraction of sp³-hybridized carbons (Fsp3) is 0.316. The summed E-state index contributed by atoms with van der Waals surface area (Å²) in [5.41, 5.74) is 0.792. The third-order valence-electron chi connectivity index (χ3n) is 4.54. The van der Waals surface area contributed by atoms with E-state index >= 15 is 0 Å². The van der Waals surface area contributed by atoms with Crippen molar-refractivity contribution in [2.75, 3.05) is 32.7 Å². The van der Waals surface area contributed by atoms with Gasteiger partial charge in [0.15, 0.2) is 0 Å². The molecule has 1 fully saturated rings. The number of nitrogens with zero attached hydrogens (tertiary/aromatic N) is 2. The quantitative estimate of drug-likeness (QED) is 0.787. The molecular formula is C19H21F2N3O3S. The SMILES string of the molecule is O=C(CN1CCN(S(=O)(=O)c2cccc(F)c2)CC1)NCc1ccc(F)cc1. The van der Waals surface area contributed by atoms with Crippen LogP contribution in [0.25, 0.3) is 0 Å². The molecule has 2 aromatic rings.